The molecule has 0 aromatic heterocycles. The fraction of sp³-hybridized carbons (Fsp3) is 0.241. The molecule has 0 unspecified atom stereocenters. The Labute approximate surface area is 196 Å². The molecule has 33 heavy (non-hydrogen) atoms. The largest absolute Gasteiger partial charge is 0.423 e. The number of benzene rings is 2. The number of carbonyl (C=O) groups is 2. The second-order valence-electron chi connectivity index (χ2n) is 8.10. The van der Waals surface area contributed by atoms with Gasteiger partial charge in [0.15, 0.2) is 0 Å². The van der Waals surface area contributed by atoms with Crippen LogP contribution in [0, 0.1) is 0 Å². The topological polar surface area (TPSA) is 52.6 Å². The van der Waals surface area contributed by atoms with E-state index in [1.54, 1.807) is 38.2 Å². The molecule has 0 bridgehead atoms. The summed E-state index contributed by atoms with van der Waals surface area (Å²) in [6.07, 6.45) is 10.8. The van der Waals surface area contributed by atoms with Crippen LogP contribution in [-0.2, 0) is 27.8 Å². The third kappa shape index (κ3) is 6.66. The van der Waals surface area contributed by atoms with Crippen molar-refractivity contribution in [3.63, 3.8) is 0 Å². The number of carbonyl (C=O) groups excluding carboxylic acids is 2. The van der Waals surface area contributed by atoms with Gasteiger partial charge in [-0.3, -0.25) is 0 Å². The van der Waals surface area contributed by atoms with E-state index in [-0.39, 0.29) is 5.41 Å². The van der Waals surface area contributed by atoms with Crippen molar-refractivity contribution in [2.24, 2.45) is 0 Å². The average Bonchev–Trinajstić information content (AvgIpc) is 2.76. The Kier molecular flexibility index (Phi) is 9.17. The van der Waals surface area contributed by atoms with E-state index in [4.69, 9.17) is 9.47 Å². The van der Waals surface area contributed by atoms with Crippen molar-refractivity contribution in [1.82, 2.24) is 0 Å². The van der Waals surface area contributed by atoms with E-state index < -0.39 is 11.9 Å². The third-order valence-corrected chi connectivity index (χ3v) is 5.32. The lowest BCUT2D eigenvalue weighted by atomic mass is 9.76. The number of ether oxygens (including phenoxy) is 2. The van der Waals surface area contributed by atoms with Crippen LogP contribution in [0.25, 0.3) is 0 Å². The molecule has 0 amide bonds. The maximum absolute atomic E-state index is 11.9. The third-order valence-electron chi connectivity index (χ3n) is 5.32. The van der Waals surface area contributed by atoms with E-state index in [2.05, 4.69) is 27.0 Å². The van der Waals surface area contributed by atoms with Crippen LogP contribution in [0.4, 0.5) is 0 Å². The van der Waals surface area contributed by atoms with Crippen LogP contribution in [0.2, 0.25) is 0 Å². The Bertz CT molecular complexity index is 1000. The van der Waals surface area contributed by atoms with Gasteiger partial charge in [0, 0.05) is 17.6 Å². The quantitative estimate of drug-likeness (QED) is 0.183. The van der Waals surface area contributed by atoms with Crippen molar-refractivity contribution in [2.75, 3.05) is 0 Å². The van der Waals surface area contributed by atoms with Crippen molar-refractivity contribution in [2.45, 2.75) is 46.0 Å². The van der Waals surface area contributed by atoms with Gasteiger partial charge in [-0.1, -0.05) is 62.4 Å². The van der Waals surface area contributed by atoms with E-state index in [9.17, 15) is 9.59 Å². The van der Waals surface area contributed by atoms with E-state index >= 15 is 0 Å². The van der Waals surface area contributed by atoms with Crippen LogP contribution in [0.1, 0.15) is 49.9 Å². The molecule has 0 radical (unpaired) electrons. The highest BCUT2D eigenvalue weighted by molar-refractivity contribution is 5.84. The molecule has 0 fully saturated rings. The molecule has 0 saturated carbocycles. The second-order valence-corrected chi connectivity index (χ2v) is 8.10. The molecule has 4 nitrogen and oxygen atoms in total. The fourth-order valence-electron chi connectivity index (χ4n) is 3.49. The van der Waals surface area contributed by atoms with Crippen LogP contribution >= 0.6 is 0 Å². The molecule has 0 aliphatic rings. The summed E-state index contributed by atoms with van der Waals surface area (Å²) >= 11 is 0. The van der Waals surface area contributed by atoms with Crippen molar-refractivity contribution >= 4 is 11.9 Å². The Morgan fingerprint density at radius 3 is 1.52 bits per heavy atom. The molecular weight excluding hydrogens is 412 g/mol. The Morgan fingerprint density at radius 2 is 1.18 bits per heavy atom. The highest BCUT2D eigenvalue weighted by Gasteiger charge is 2.25. The molecule has 0 heterocycles. The Balaban J connectivity index is 2.46. The molecule has 2 aromatic rings. The smallest absolute Gasteiger partial charge is 0.335 e. The first-order valence-electron chi connectivity index (χ1n) is 10.9. The lowest BCUT2D eigenvalue weighted by molar-refractivity contribution is -0.129. The minimum atomic E-state index is -0.410. The van der Waals surface area contributed by atoms with E-state index in [1.165, 1.54) is 12.2 Å². The zero-order valence-corrected chi connectivity index (χ0v) is 19.9. The minimum Gasteiger partial charge on any atom is -0.423 e. The number of hydrogen-bond acceptors (Lipinski definition) is 4. The van der Waals surface area contributed by atoms with E-state index in [0.29, 0.717) is 24.3 Å². The fourth-order valence-corrected chi connectivity index (χ4v) is 3.49. The van der Waals surface area contributed by atoms with E-state index in [1.807, 2.05) is 36.4 Å². The lowest BCUT2D eigenvalue weighted by Gasteiger charge is -2.28. The number of allylic oxidation sites excluding steroid dienone is 4. The highest BCUT2D eigenvalue weighted by atomic mass is 16.5. The van der Waals surface area contributed by atoms with Gasteiger partial charge in [0.2, 0.25) is 0 Å². The molecule has 0 spiro atoms. The second kappa shape index (κ2) is 11.8. The summed E-state index contributed by atoms with van der Waals surface area (Å²) in [4.78, 5) is 23.9. The maximum Gasteiger partial charge on any atom is 0.335 e. The van der Waals surface area contributed by atoms with Crippen LogP contribution < -0.4 is 9.47 Å². The van der Waals surface area contributed by atoms with Gasteiger partial charge in [-0.2, -0.15) is 0 Å². The summed E-state index contributed by atoms with van der Waals surface area (Å²) in [6, 6.07) is 11.7. The van der Waals surface area contributed by atoms with Crippen molar-refractivity contribution in [3.05, 3.63) is 108 Å². The monoisotopic (exact) mass is 444 g/mol. The molecule has 0 atom stereocenters. The van der Waals surface area contributed by atoms with Gasteiger partial charge in [0.25, 0.3) is 0 Å². The summed E-state index contributed by atoms with van der Waals surface area (Å²) in [6.45, 7) is 15.5. The molecule has 4 heteroatoms. The molecule has 0 aliphatic heterocycles. The van der Waals surface area contributed by atoms with Crippen LogP contribution in [0.15, 0.2) is 86.0 Å². The zero-order valence-electron chi connectivity index (χ0n) is 19.9. The Hall–Kier alpha value is -3.66. The van der Waals surface area contributed by atoms with Crippen molar-refractivity contribution < 1.29 is 19.1 Å². The van der Waals surface area contributed by atoms with Gasteiger partial charge in [0.05, 0.1) is 0 Å². The Morgan fingerprint density at radius 1 is 0.788 bits per heavy atom. The first kappa shape index (κ1) is 25.6. The summed E-state index contributed by atoms with van der Waals surface area (Å²) in [7, 11) is 0. The molecule has 2 rings (SSSR count). The SMILES string of the molecule is C=CCc1cc(C(C)(C)c2ccc(OC(=O)C=CC)c(CC=C)c2)ccc1OC(=O)C=CC. The molecular formula is C29H32O4. The van der Waals surface area contributed by atoms with Crippen LogP contribution in [0.5, 0.6) is 11.5 Å². The highest BCUT2D eigenvalue weighted by Crippen LogP contribution is 2.36. The molecule has 172 valence electrons. The normalized spacial score (nSPS) is 11.5. The minimum absolute atomic E-state index is 0.358. The maximum atomic E-state index is 11.9. The molecule has 0 aliphatic carbocycles. The molecule has 2 aromatic carbocycles. The van der Waals surface area contributed by atoms with Gasteiger partial charge in [-0.15, -0.1) is 13.2 Å². The summed E-state index contributed by atoms with van der Waals surface area (Å²) in [5.41, 5.74) is 3.54. The predicted molar refractivity (Wildman–Crippen MR) is 134 cm³/mol. The zero-order chi connectivity index (χ0) is 24.4. The van der Waals surface area contributed by atoms with Crippen LogP contribution in [-0.4, -0.2) is 11.9 Å². The van der Waals surface area contributed by atoms with Gasteiger partial charge in [-0.25, -0.2) is 9.59 Å². The standard InChI is InChI=1S/C29H32O4/c1-7-11-21-19-23(15-17-25(21)32-27(30)13-9-3)29(5,6)24-16-18-26(22(20-24)12-8-2)33-28(31)14-10-4/h7-10,13-20H,1-2,11-12H2,3-6H3. The average molecular weight is 445 g/mol. The lowest BCUT2D eigenvalue weighted by Crippen LogP contribution is -2.20. The van der Waals surface area contributed by atoms with Gasteiger partial charge < -0.3 is 9.47 Å². The van der Waals surface area contributed by atoms with Crippen LogP contribution in [0.3, 0.4) is 0 Å². The van der Waals surface area contributed by atoms with Gasteiger partial charge in [-0.05, 0) is 61.1 Å². The van der Waals surface area contributed by atoms with E-state index in [0.717, 1.165) is 22.3 Å². The predicted octanol–water partition coefficient (Wildman–Crippen LogP) is 6.43. The van der Waals surface area contributed by atoms with Crippen molar-refractivity contribution in [1.29, 1.82) is 0 Å². The number of hydrogen-bond donors (Lipinski definition) is 0. The van der Waals surface area contributed by atoms with Gasteiger partial charge in [0.1, 0.15) is 11.5 Å². The number of esters is 2. The molecule has 0 saturated heterocycles. The summed E-state index contributed by atoms with van der Waals surface area (Å²) < 4.78 is 11.0. The summed E-state index contributed by atoms with van der Waals surface area (Å²) in [5, 5.41) is 0. The van der Waals surface area contributed by atoms with Crippen molar-refractivity contribution in [3.8, 4) is 11.5 Å². The van der Waals surface area contributed by atoms with Gasteiger partial charge >= 0.3 is 11.9 Å². The first-order chi connectivity index (χ1) is 15.8. The summed E-state index contributed by atoms with van der Waals surface area (Å²) in [5.74, 6) is 0.228. The first-order valence-corrected chi connectivity index (χ1v) is 10.9. The molecule has 0 N–H and O–H groups in total. The number of rotatable bonds is 10.